The number of aliphatic hydroxyl groups excluding tert-OH is 1. The van der Waals surface area contributed by atoms with Crippen molar-refractivity contribution in [1.82, 2.24) is 0 Å². The molecule has 0 heterocycles. The molecule has 2 atom stereocenters. The molecule has 0 fully saturated rings. The molecule has 0 aromatic heterocycles. The molecular formula is C18H38O4S. The van der Waals surface area contributed by atoms with E-state index in [9.17, 15) is 13.5 Å². The quantitative estimate of drug-likeness (QED) is 0.300. The van der Waals surface area contributed by atoms with Crippen LogP contribution in [0.25, 0.3) is 0 Å². The molecule has 0 amide bonds. The second-order valence-electron chi connectivity index (χ2n) is 6.85. The van der Waals surface area contributed by atoms with Crippen LogP contribution in [0.1, 0.15) is 104 Å². The Kier molecular flexibility index (Phi) is 14.2. The van der Waals surface area contributed by atoms with Crippen LogP contribution >= 0.6 is 0 Å². The Hall–Kier alpha value is -0.130. The minimum atomic E-state index is -3.84. The maximum atomic E-state index is 10.9. The lowest BCUT2D eigenvalue weighted by molar-refractivity contribution is 0.156. The lowest BCUT2D eigenvalue weighted by atomic mass is 10.0. The summed E-state index contributed by atoms with van der Waals surface area (Å²) >= 11 is 0. The van der Waals surface area contributed by atoms with Gasteiger partial charge in [-0.3, -0.25) is 4.55 Å². The third kappa shape index (κ3) is 15.2. The van der Waals surface area contributed by atoms with Gasteiger partial charge in [-0.1, -0.05) is 77.6 Å². The fourth-order valence-corrected chi connectivity index (χ4v) is 3.22. The average molecular weight is 351 g/mol. The molecule has 0 bridgehead atoms. The first-order valence-corrected chi connectivity index (χ1v) is 11.0. The summed E-state index contributed by atoms with van der Waals surface area (Å²) < 4.78 is 30.6. The predicted octanol–water partition coefficient (Wildman–Crippen LogP) is 5.10. The number of rotatable bonds is 16. The van der Waals surface area contributed by atoms with E-state index in [1.165, 1.54) is 44.9 Å². The van der Waals surface area contributed by atoms with Crippen LogP contribution in [0, 0.1) is 0 Å². The third-order valence-corrected chi connectivity index (χ3v) is 5.88. The molecule has 2 N–H and O–H groups in total. The van der Waals surface area contributed by atoms with Crippen LogP contribution in [0.3, 0.4) is 0 Å². The van der Waals surface area contributed by atoms with Crippen LogP contribution in [0.4, 0.5) is 0 Å². The van der Waals surface area contributed by atoms with Crippen LogP contribution < -0.4 is 0 Å². The van der Waals surface area contributed by atoms with Gasteiger partial charge in [-0.05, 0) is 26.2 Å². The van der Waals surface area contributed by atoms with E-state index < -0.39 is 15.4 Å². The Morgan fingerprint density at radius 3 is 1.43 bits per heavy atom. The largest absolute Gasteiger partial charge is 0.393 e. The molecule has 5 heteroatoms. The van der Waals surface area contributed by atoms with Gasteiger partial charge in [0.05, 0.1) is 11.4 Å². The highest BCUT2D eigenvalue weighted by molar-refractivity contribution is 7.86. The van der Waals surface area contributed by atoms with E-state index in [4.69, 9.17) is 4.55 Å². The molecule has 2 unspecified atom stereocenters. The summed E-state index contributed by atoms with van der Waals surface area (Å²) in [6.45, 7) is 3.60. The summed E-state index contributed by atoms with van der Waals surface area (Å²) in [4.78, 5) is 0. The molecule has 23 heavy (non-hydrogen) atoms. The van der Waals surface area contributed by atoms with Gasteiger partial charge in [-0.15, -0.1) is 0 Å². The van der Waals surface area contributed by atoms with Gasteiger partial charge < -0.3 is 5.11 Å². The van der Waals surface area contributed by atoms with Crippen molar-refractivity contribution < 1.29 is 18.1 Å². The zero-order valence-electron chi connectivity index (χ0n) is 15.2. The van der Waals surface area contributed by atoms with Crippen molar-refractivity contribution >= 4 is 10.1 Å². The van der Waals surface area contributed by atoms with Gasteiger partial charge in [0.25, 0.3) is 10.1 Å². The molecule has 0 rings (SSSR count). The molecule has 0 aliphatic heterocycles. The molecule has 140 valence electrons. The van der Waals surface area contributed by atoms with Crippen molar-refractivity contribution in [2.45, 2.75) is 115 Å². The van der Waals surface area contributed by atoms with E-state index in [0.717, 1.165) is 38.5 Å². The lowest BCUT2D eigenvalue weighted by Crippen LogP contribution is -2.16. The minimum absolute atomic E-state index is 0.101. The number of aliphatic hydroxyl groups is 1. The SMILES string of the molecule is CCC(O)CCCCCCCCCCCCCC(C)S(=O)(=O)O. The molecular weight excluding hydrogens is 312 g/mol. The molecule has 0 aromatic carbocycles. The Morgan fingerprint density at radius 1 is 0.739 bits per heavy atom. The Balaban J connectivity index is 3.20. The van der Waals surface area contributed by atoms with Gasteiger partial charge >= 0.3 is 0 Å². The number of hydrogen-bond donors (Lipinski definition) is 2. The lowest BCUT2D eigenvalue weighted by Gasteiger charge is -2.07. The predicted molar refractivity (Wildman–Crippen MR) is 97.3 cm³/mol. The Morgan fingerprint density at radius 2 is 1.09 bits per heavy atom. The van der Waals surface area contributed by atoms with Crippen molar-refractivity contribution in [1.29, 1.82) is 0 Å². The van der Waals surface area contributed by atoms with Crippen molar-refractivity contribution in [2.24, 2.45) is 0 Å². The topological polar surface area (TPSA) is 74.6 Å². The smallest absolute Gasteiger partial charge is 0.267 e. The van der Waals surface area contributed by atoms with Crippen molar-refractivity contribution in [3.05, 3.63) is 0 Å². The fourth-order valence-electron chi connectivity index (χ4n) is 2.76. The average Bonchev–Trinajstić information content (AvgIpc) is 2.50. The molecule has 0 saturated heterocycles. The van der Waals surface area contributed by atoms with E-state index in [1.54, 1.807) is 6.92 Å². The highest BCUT2D eigenvalue weighted by Gasteiger charge is 2.15. The molecule has 4 nitrogen and oxygen atoms in total. The van der Waals surface area contributed by atoms with Crippen LogP contribution in [0.5, 0.6) is 0 Å². The van der Waals surface area contributed by atoms with Crippen molar-refractivity contribution in [3.8, 4) is 0 Å². The normalized spacial score (nSPS) is 14.8. The molecule has 0 aromatic rings. The van der Waals surface area contributed by atoms with E-state index in [2.05, 4.69) is 0 Å². The highest BCUT2D eigenvalue weighted by Crippen LogP contribution is 2.15. The summed E-state index contributed by atoms with van der Waals surface area (Å²) in [5.41, 5.74) is 0. The van der Waals surface area contributed by atoms with E-state index in [1.807, 2.05) is 6.92 Å². The zero-order valence-corrected chi connectivity index (χ0v) is 16.0. The molecule has 0 saturated carbocycles. The zero-order chi connectivity index (χ0) is 17.6. The molecule has 0 aliphatic carbocycles. The van der Waals surface area contributed by atoms with E-state index in [-0.39, 0.29) is 6.10 Å². The summed E-state index contributed by atoms with van der Waals surface area (Å²) in [5, 5.41) is 8.82. The molecule has 0 spiro atoms. The molecule has 0 aliphatic rings. The fraction of sp³-hybridized carbons (Fsp3) is 1.00. The van der Waals surface area contributed by atoms with Crippen LogP contribution in [-0.2, 0) is 10.1 Å². The van der Waals surface area contributed by atoms with E-state index in [0.29, 0.717) is 6.42 Å². The first kappa shape index (κ1) is 22.9. The van der Waals surface area contributed by atoms with Gasteiger partial charge in [0.1, 0.15) is 0 Å². The first-order chi connectivity index (χ1) is 10.9. The van der Waals surface area contributed by atoms with Gasteiger partial charge in [-0.2, -0.15) is 8.42 Å². The van der Waals surface area contributed by atoms with Crippen LogP contribution in [0.15, 0.2) is 0 Å². The van der Waals surface area contributed by atoms with E-state index >= 15 is 0 Å². The monoisotopic (exact) mass is 350 g/mol. The number of unbranched alkanes of at least 4 members (excludes halogenated alkanes) is 10. The summed E-state index contributed by atoms with van der Waals surface area (Å²) in [6.07, 6.45) is 15.4. The van der Waals surface area contributed by atoms with Crippen molar-refractivity contribution in [3.63, 3.8) is 0 Å². The van der Waals surface area contributed by atoms with Gasteiger partial charge in [0.2, 0.25) is 0 Å². The van der Waals surface area contributed by atoms with Gasteiger partial charge in [0, 0.05) is 0 Å². The maximum absolute atomic E-state index is 10.9. The first-order valence-electron chi connectivity index (χ1n) is 9.52. The van der Waals surface area contributed by atoms with Gasteiger partial charge in [0.15, 0.2) is 0 Å². The molecule has 0 radical (unpaired) electrons. The second kappa shape index (κ2) is 14.2. The minimum Gasteiger partial charge on any atom is -0.393 e. The van der Waals surface area contributed by atoms with Crippen molar-refractivity contribution in [2.75, 3.05) is 0 Å². The highest BCUT2D eigenvalue weighted by atomic mass is 32.2. The maximum Gasteiger partial charge on any atom is 0.267 e. The third-order valence-electron chi connectivity index (χ3n) is 4.63. The Labute approximate surface area is 143 Å². The summed E-state index contributed by atoms with van der Waals surface area (Å²) in [7, 11) is -3.84. The Bertz CT molecular complexity index is 354. The van der Waals surface area contributed by atoms with Gasteiger partial charge in [-0.25, -0.2) is 0 Å². The summed E-state index contributed by atoms with van der Waals surface area (Å²) in [5.74, 6) is 0. The number of hydrogen-bond acceptors (Lipinski definition) is 3. The summed E-state index contributed by atoms with van der Waals surface area (Å²) in [6, 6.07) is 0. The van der Waals surface area contributed by atoms with Crippen LogP contribution in [0.2, 0.25) is 0 Å². The second-order valence-corrected chi connectivity index (χ2v) is 8.69. The standard InChI is InChI=1S/C18H38O4S/c1-3-18(19)16-14-12-10-8-6-4-5-7-9-11-13-15-17(2)23(20,21)22/h17-19H,3-16H2,1-2H3,(H,20,21,22). The van der Waals surface area contributed by atoms with Crippen LogP contribution in [-0.4, -0.2) is 29.4 Å².